The molecule has 0 spiro atoms. The van der Waals surface area contributed by atoms with E-state index in [-0.39, 0.29) is 5.84 Å². The van der Waals surface area contributed by atoms with E-state index in [1.54, 1.807) is 18.3 Å². The summed E-state index contributed by atoms with van der Waals surface area (Å²) in [5.74, 6) is 1.27. The zero-order valence-corrected chi connectivity index (χ0v) is 11.3. The topological polar surface area (TPSA) is 72.0 Å². The lowest BCUT2D eigenvalue weighted by atomic mass is 10.1. The van der Waals surface area contributed by atoms with Crippen LogP contribution in [-0.4, -0.2) is 10.8 Å². The van der Waals surface area contributed by atoms with Crippen molar-refractivity contribution in [2.45, 2.75) is 20.8 Å². The van der Waals surface area contributed by atoms with Crippen molar-refractivity contribution in [3.05, 3.63) is 52.7 Å². The van der Waals surface area contributed by atoms with Crippen molar-refractivity contribution in [2.24, 2.45) is 5.73 Å². The van der Waals surface area contributed by atoms with E-state index in [1.165, 1.54) is 5.56 Å². The molecule has 1 aromatic carbocycles. The van der Waals surface area contributed by atoms with E-state index >= 15 is 0 Å². The molecular weight excluding hydrogens is 238 g/mol. The Morgan fingerprint density at radius 2 is 1.84 bits per heavy atom. The highest BCUT2D eigenvalue weighted by molar-refractivity contribution is 5.95. The summed E-state index contributed by atoms with van der Waals surface area (Å²) in [4.78, 5) is 4.15. The van der Waals surface area contributed by atoms with Crippen molar-refractivity contribution >= 4 is 5.84 Å². The Balaban J connectivity index is 2.39. The Hall–Kier alpha value is -2.36. The third kappa shape index (κ3) is 2.73. The van der Waals surface area contributed by atoms with Crippen molar-refractivity contribution < 1.29 is 4.74 Å². The number of aromatic nitrogens is 1. The SMILES string of the molecule is Cc1ccc(C)c(Oc2cc(C(=N)N)ccn2)c1C. The van der Waals surface area contributed by atoms with E-state index in [4.69, 9.17) is 15.9 Å². The molecule has 4 nitrogen and oxygen atoms in total. The zero-order valence-electron chi connectivity index (χ0n) is 11.3. The van der Waals surface area contributed by atoms with Gasteiger partial charge in [0, 0.05) is 17.8 Å². The van der Waals surface area contributed by atoms with E-state index in [0.29, 0.717) is 11.4 Å². The van der Waals surface area contributed by atoms with Crippen LogP contribution in [0.2, 0.25) is 0 Å². The number of aryl methyl sites for hydroxylation is 2. The molecule has 98 valence electrons. The molecule has 0 radical (unpaired) electrons. The summed E-state index contributed by atoms with van der Waals surface area (Å²) in [6, 6.07) is 7.44. The first-order valence-corrected chi connectivity index (χ1v) is 6.04. The summed E-state index contributed by atoms with van der Waals surface area (Å²) in [7, 11) is 0. The van der Waals surface area contributed by atoms with Gasteiger partial charge in [-0.25, -0.2) is 4.98 Å². The Morgan fingerprint density at radius 3 is 2.53 bits per heavy atom. The van der Waals surface area contributed by atoms with Crippen molar-refractivity contribution in [2.75, 3.05) is 0 Å². The highest BCUT2D eigenvalue weighted by atomic mass is 16.5. The number of pyridine rings is 1. The predicted octanol–water partition coefficient (Wildman–Crippen LogP) is 3.08. The quantitative estimate of drug-likeness (QED) is 0.654. The number of benzene rings is 1. The second kappa shape index (κ2) is 5.10. The van der Waals surface area contributed by atoms with Crippen LogP contribution in [0.4, 0.5) is 0 Å². The number of nitrogens with zero attached hydrogens (tertiary/aromatic N) is 1. The summed E-state index contributed by atoms with van der Waals surface area (Å²) in [5, 5.41) is 7.42. The fourth-order valence-electron chi connectivity index (χ4n) is 1.82. The molecule has 0 saturated carbocycles. The summed E-state index contributed by atoms with van der Waals surface area (Å²) < 4.78 is 5.85. The van der Waals surface area contributed by atoms with Gasteiger partial charge in [-0.05, 0) is 43.5 Å². The van der Waals surface area contributed by atoms with Gasteiger partial charge in [-0.1, -0.05) is 12.1 Å². The fraction of sp³-hybridized carbons (Fsp3) is 0.200. The second-order valence-corrected chi connectivity index (χ2v) is 4.55. The third-order valence-electron chi connectivity index (χ3n) is 3.13. The molecule has 0 saturated heterocycles. The minimum atomic E-state index is 0.00457. The predicted molar refractivity (Wildman–Crippen MR) is 76.0 cm³/mol. The van der Waals surface area contributed by atoms with E-state index in [1.807, 2.05) is 26.8 Å². The number of ether oxygens (including phenoxy) is 1. The maximum atomic E-state index is 7.42. The molecular formula is C15H17N3O. The van der Waals surface area contributed by atoms with Gasteiger partial charge in [0.1, 0.15) is 11.6 Å². The lowest BCUT2D eigenvalue weighted by Gasteiger charge is -2.13. The van der Waals surface area contributed by atoms with Gasteiger partial charge in [0.25, 0.3) is 0 Å². The second-order valence-electron chi connectivity index (χ2n) is 4.55. The average molecular weight is 255 g/mol. The molecule has 4 heteroatoms. The molecule has 1 aromatic heterocycles. The smallest absolute Gasteiger partial charge is 0.219 e. The van der Waals surface area contributed by atoms with Crippen LogP contribution in [0.15, 0.2) is 30.5 Å². The first-order valence-electron chi connectivity index (χ1n) is 6.04. The summed E-state index contributed by atoms with van der Waals surface area (Å²) in [5.41, 5.74) is 9.38. The van der Waals surface area contributed by atoms with Crippen LogP contribution in [0.3, 0.4) is 0 Å². The van der Waals surface area contributed by atoms with Crippen molar-refractivity contribution in [1.29, 1.82) is 5.41 Å². The van der Waals surface area contributed by atoms with Crippen molar-refractivity contribution in [1.82, 2.24) is 4.98 Å². The molecule has 0 amide bonds. The zero-order chi connectivity index (χ0) is 14.0. The van der Waals surface area contributed by atoms with Gasteiger partial charge in [0.15, 0.2) is 0 Å². The van der Waals surface area contributed by atoms with Crippen LogP contribution in [-0.2, 0) is 0 Å². The standard InChI is InChI=1S/C15H17N3O/c1-9-4-5-10(2)14(11(9)3)19-13-8-12(15(16)17)6-7-18-13/h4-8H,1-3H3,(H3,16,17). The third-order valence-corrected chi connectivity index (χ3v) is 3.13. The lowest BCUT2D eigenvalue weighted by Crippen LogP contribution is -2.11. The van der Waals surface area contributed by atoms with Crippen LogP contribution in [0.1, 0.15) is 22.3 Å². The Labute approximate surface area is 112 Å². The maximum Gasteiger partial charge on any atom is 0.219 e. The average Bonchev–Trinajstić information content (AvgIpc) is 2.39. The Bertz CT molecular complexity index is 635. The molecule has 0 aliphatic rings. The van der Waals surface area contributed by atoms with Gasteiger partial charge < -0.3 is 10.5 Å². The van der Waals surface area contributed by atoms with Crippen LogP contribution >= 0.6 is 0 Å². The van der Waals surface area contributed by atoms with E-state index in [9.17, 15) is 0 Å². The molecule has 0 fully saturated rings. The number of amidine groups is 1. The Morgan fingerprint density at radius 1 is 1.16 bits per heavy atom. The van der Waals surface area contributed by atoms with Crippen molar-refractivity contribution in [3.8, 4) is 11.6 Å². The molecule has 3 N–H and O–H groups in total. The van der Waals surface area contributed by atoms with Crippen LogP contribution in [0.5, 0.6) is 11.6 Å². The minimum absolute atomic E-state index is 0.00457. The van der Waals surface area contributed by atoms with Gasteiger partial charge >= 0.3 is 0 Å². The lowest BCUT2D eigenvalue weighted by molar-refractivity contribution is 0.455. The largest absolute Gasteiger partial charge is 0.438 e. The number of nitrogens with one attached hydrogen (secondary N) is 1. The van der Waals surface area contributed by atoms with Crippen LogP contribution in [0, 0.1) is 26.2 Å². The maximum absolute atomic E-state index is 7.42. The van der Waals surface area contributed by atoms with Gasteiger partial charge in [-0.3, -0.25) is 5.41 Å². The monoisotopic (exact) mass is 255 g/mol. The normalized spacial score (nSPS) is 10.3. The highest BCUT2D eigenvalue weighted by Crippen LogP contribution is 2.29. The fourth-order valence-corrected chi connectivity index (χ4v) is 1.82. The first-order chi connectivity index (χ1) is 8.99. The minimum Gasteiger partial charge on any atom is -0.438 e. The van der Waals surface area contributed by atoms with Crippen LogP contribution < -0.4 is 10.5 Å². The molecule has 0 aliphatic carbocycles. The Kier molecular flexibility index (Phi) is 3.51. The summed E-state index contributed by atoms with van der Waals surface area (Å²) in [6.45, 7) is 6.06. The number of nitrogen functional groups attached to an aromatic ring is 1. The molecule has 1 heterocycles. The molecule has 0 aliphatic heterocycles. The molecule has 0 bridgehead atoms. The number of rotatable bonds is 3. The first kappa shape index (κ1) is 13.1. The molecule has 2 aromatic rings. The molecule has 0 unspecified atom stereocenters. The van der Waals surface area contributed by atoms with Gasteiger partial charge in [-0.15, -0.1) is 0 Å². The number of nitrogens with two attached hydrogens (primary N) is 1. The van der Waals surface area contributed by atoms with Gasteiger partial charge in [-0.2, -0.15) is 0 Å². The number of hydrogen-bond acceptors (Lipinski definition) is 3. The summed E-state index contributed by atoms with van der Waals surface area (Å²) in [6.07, 6.45) is 1.59. The van der Waals surface area contributed by atoms with E-state index in [2.05, 4.69) is 11.1 Å². The highest BCUT2D eigenvalue weighted by Gasteiger charge is 2.09. The van der Waals surface area contributed by atoms with Gasteiger partial charge in [0.05, 0.1) is 0 Å². The van der Waals surface area contributed by atoms with E-state index < -0.39 is 0 Å². The van der Waals surface area contributed by atoms with Gasteiger partial charge in [0.2, 0.25) is 5.88 Å². The number of hydrogen-bond donors (Lipinski definition) is 2. The summed E-state index contributed by atoms with van der Waals surface area (Å²) >= 11 is 0. The van der Waals surface area contributed by atoms with Crippen molar-refractivity contribution in [3.63, 3.8) is 0 Å². The molecule has 19 heavy (non-hydrogen) atoms. The molecule has 0 atom stereocenters. The van der Waals surface area contributed by atoms with E-state index in [0.717, 1.165) is 16.9 Å². The molecule has 2 rings (SSSR count). The van der Waals surface area contributed by atoms with Crippen LogP contribution in [0.25, 0.3) is 0 Å².